The van der Waals surface area contributed by atoms with Gasteiger partial charge in [-0.05, 0) is 18.1 Å². The van der Waals surface area contributed by atoms with Crippen LogP contribution in [-0.2, 0) is 14.6 Å². The number of carboxylic acids is 1. The van der Waals surface area contributed by atoms with Crippen LogP contribution in [0.1, 0.15) is 18.0 Å². The van der Waals surface area contributed by atoms with Gasteiger partial charge in [-0.3, -0.25) is 9.69 Å². The number of rotatable bonds is 5. The normalized spacial score (nSPS) is 20.4. The molecule has 1 aliphatic heterocycles. The molecule has 108 valence electrons. The highest BCUT2D eigenvalue weighted by Crippen LogP contribution is 2.35. The molecule has 0 spiro atoms. The summed E-state index contributed by atoms with van der Waals surface area (Å²) in [5.41, 5.74) is 0.682. The topological polar surface area (TPSA) is 74.7 Å². The first-order chi connectivity index (χ1) is 9.45. The summed E-state index contributed by atoms with van der Waals surface area (Å²) in [5.74, 6) is -0.889. The molecular weight excluding hydrogens is 278 g/mol. The third-order valence-corrected chi connectivity index (χ3v) is 5.23. The van der Waals surface area contributed by atoms with Crippen LogP contribution in [0, 0.1) is 0 Å². The Morgan fingerprint density at radius 1 is 1.45 bits per heavy atom. The van der Waals surface area contributed by atoms with Crippen molar-refractivity contribution < 1.29 is 18.3 Å². The lowest BCUT2D eigenvalue weighted by atomic mass is 10.0. The summed E-state index contributed by atoms with van der Waals surface area (Å²) >= 11 is 0. The molecule has 0 fully saturated rings. The van der Waals surface area contributed by atoms with Crippen LogP contribution in [0.15, 0.2) is 41.8 Å². The minimum Gasteiger partial charge on any atom is -0.480 e. The van der Waals surface area contributed by atoms with Crippen molar-refractivity contribution in [2.45, 2.75) is 17.4 Å². The largest absolute Gasteiger partial charge is 0.480 e. The van der Waals surface area contributed by atoms with Crippen LogP contribution in [0.4, 0.5) is 0 Å². The van der Waals surface area contributed by atoms with Crippen LogP contribution < -0.4 is 0 Å². The Kier molecular flexibility index (Phi) is 4.25. The minimum absolute atomic E-state index is 0.0436. The van der Waals surface area contributed by atoms with E-state index in [0.29, 0.717) is 23.4 Å². The molecule has 0 saturated heterocycles. The van der Waals surface area contributed by atoms with E-state index < -0.39 is 15.8 Å². The van der Waals surface area contributed by atoms with E-state index in [1.54, 1.807) is 35.2 Å². The fourth-order valence-corrected chi connectivity index (χ4v) is 4.19. The first kappa shape index (κ1) is 14.7. The SMILES string of the molecule is C=CCN(CC(=O)O)C1CCS(=O)(=O)c2ccccc21. The second-order valence-corrected chi connectivity index (χ2v) is 6.85. The predicted octanol–water partition coefficient (Wildman–Crippen LogP) is 1.48. The predicted molar refractivity (Wildman–Crippen MR) is 75.3 cm³/mol. The van der Waals surface area contributed by atoms with Crippen molar-refractivity contribution >= 4 is 15.8 Å². The zero-order chi connectivity index (χ0) is 14.8. The smallest absolute Gasteiger partial charge is 0.317 e. The Morgan fingerprint density at radius 3 is 2.80 bits per heavy atom. The molecule has 5 nitrogen and oxygen atoms in total. The highest BCUT2D eigenvalue weighted by atomic mass is 32.2. The summed E-state index contributed by atoms with van der Waals surface area (Å²) in [7, 11) is -3.25. The van der Waals surface area contributed by atoms with Crippen LogP contribution in [-0.4, -0.2) is 43.2 Å². The standard InChI is InChI=1S/C14H17NO4S/c1-2-8-15(10-14(16)17)12-7-9-20(18,19)13-6-4-3-5-11(12)13/h2-6,12H,1,7-10H2,(H,16,17). The quantitative estimate of drug-likeness (QED) is 0.833. The fourth-order valence-electron chi connectivity index (χ4n) is 2.59. The molecule has 2 rings (SSSR count). The third-order valence-electron chi connectivity index (χ3n) is 3.42. The lowest BCUT2D eigenvalue weighted by Crippen LogP contribution is -2.37. The Hall–Kier alpha value is -1.66. The molecule has 1 aliphatic rings. The van der Waals surface area contributed by atoms with Gasteiger partial charge in [0.2, 0.25) is 0 Å². The first-order valence-corrected chi connectivity index (χ1v) is 7.99. The van der Waals surface area contributed by atoms with Crippen molar-refractivity contribution in [3.63, 3.8) is 0 Å². The molecule has 1 aromatic carbocycles. The Labute approximate surface area is 118 Å². The molecule has 6 heteroatoms. The van der Waals surface area contributed by atoms with E-state index >= 15 is 0 Å². The summed E-state index contributed by atoms with van der Waals surface area (Å²) in [5, 5.41) is 9.00. The lowest BCUT2D eigenvalue weighted by molar-refractivity contribution is -0.138. The minimum atomic E-state index is -3.25. The molecule has 1 unspecified atom stereocenters. The molecule has 0 saturated carbocycles. The highest BCUT2D eigenvalue weighted by molar-refractivity contribution is 7.91. The average molecular weight is 295 g/mol. The van der Waals surface area contributed by atoms with Gasteiger partial charge in [-0.25, -0.2) is 8.42 Å². The number of nitrogens with zero attached hydrogens (tertiary/aromatic N) is 1. The molecule has 0 radical (unpaired) electrons. The summed E-state index contributed by atoms with van der Waals surface area (Å²) in [6, 6.07) is 6.61. The zero-order valence-electron chi connectivity index (χ0n) is 11.0. The van der Waals surface area contributed by atoms with E-state index in [2.05, 4.69) is 6.58 Å². The van der Waals surface area contributed by atoms with Gasteiger partial charge in [0.15, 0.2) is 9.84 Å². The highest BCUT2D eigenvalue weighted by Gasteiger charge is 2.33. The van der Waals surface area contributed by atoms with E-state index in [4.69, 9.17) is 5.11 Å². The van der Waals surface area contributed by atoms with Crippen molar-refractivity contribution in [3.8, 4) is 0 Å². The average Bonchev–Trinajstić information content (AvgIpc) is 2.38. The van der Waals surface area contributed by atoms with Crippen molar-refractivity contribution in [3.05, 3.63) is 42.5 Å². The zero-order valence-corrected chi connectivity index (χ0v) is 11.8. The first-order valence-electron chi connectivity index (χ1n) is 6.34. The summed E-state index contributed by atoms with van der Waals surface area (Å²) in [6.45, 7) is 3.91. The number of carbonyl (C=O) groups is 1. The van der Waals surface area contributed by atoms with Crippen molar-refractivity contribution in [1.82, 2.24) is 4.90 Å². The molecular formula is C14H17NO4S. The summed E-state index contributed by atoms with van der Waals surface area (Å²) in [6.07, 6.45) is 2.04. The second-order valence-electron chi connectivity index (χ2n) is 4.77. The van der Waals surface area contributed by atoms with Gasteiger partial charge in [0, 0.05) is 12.6 Å². The number of sulfone groups is 1. The second kappa shape index (κ2) is 5.76. The molecule has 0 aromatic heterocycles. The maximum absolute atomic E-state index is 12.1. The van der Waals surface area contributed by atoms with Gasteiger partial charge in [-0.15, -0.1) is 6.58 Å². The molecule has 20 heavy (non-hydrogen) atoms. The Morgan fingerprint density at radius 2 is 2.15 bits per heavy atom. The Bertz CT molecular complexity index is 624. The number of carboxylic acid groups (broad SMARTS) is 1. The van der Waals surface area contributed by atoms with Crippen LogP contribution >= 0.6 is 0 Å². The van der Waals surface area contributed by atoms with Gasteiger partial charge in [0.1, 0.15) is 0 Å². The van der Waals surface area contributed by atoms with E-state index in [1.165, 1.54) is 0 Å². The monoisotopic (exact) mass is 295 g/mol. The van der Waals surface area contributed by atoms with Gasteiger partial charge in [-0.1, -0.05) is 24.3 Å². The van der Waals surface area contributed by atoms with Crippen LogP contribution in [0.25, 0.3) is 0 Å². The van der Waals surface area contributed by atoms with E-state index in [1.807, 2.05) is 0 Å². The molecule has 0 bridgehead atoms. The van der Waals surface area contributed by atoms with E-state index in [-0.39, 0.29) is 18.3 Å². The van der Waals surface area contributed by atoms with E-state index in [0.717, 1.165) is 0 Å². The maximum Gasteiger partial charge on any atom is 0.317 e. The third kappa shape index (κ3) is 2.91. The number of hydrogen-bond acceptors (Lipinski definition) is 4. The Balaban J connectivity index is 2.42. The van der Waals surface area contributed by atoms with Crippen LogP contribution in [0.5, 0.6) is 0 Å². The van der Waals surface area contributed by atoms with Gasteiger partial charge in [0.05, 0.1) is 17.2 Å². The molecule has 1 heterocycles. The fraction of sp³-hybridized carbons (Fsp3) is 0.357. The number of hydrogen-bond donors (Lipinski definition) is 1. The maximum atomic E-state index is 12.1. The summed E-state index contributed by atoms with van der Waals surface area (Å²) < 4.78 is 24.1. The molecule has 1 atom stereocenters. The number of benzene rings is 1. The van der Waals surface area contributed by atoms with Crippen molar-refractivity contribution in [2.75, 3.05) is 18.8 Å². The lowest BCUT2D eigenvalue weighted by Gasteiger charge is -2.34. The number of fused-ring (bicyclic) bond motifs is 1. The summed E-state index contributed by atoms with van der Waals surface area (Å²) in [4.78, 5) is 13.0. The van der Waals surface area contributed by atoms with Crippen molar-refractivity contribution in [2.24, 2.45) is 0 Å². The van der Waals surface area contributed by atoms with Gasteiger partial charge in [0.25, 0.3) is 0 Å². The molecule has 0 aliphatic carbocycles. The van der Waals surface area contributed by atoms with Gasteiger partial charge < -0.3 is 5.11 Å². The van der Waals surface area contributed by atoms with Crippen LogP contribution in [0.2, 0.25) is 0 Å². The van der Waals surface area contributed by atoms with Crippen LogP contribution in [0.3, 0.4) is 0 Å². The van der Waals surface area contributed by atoms with E-state index in [9.17, 15) is 13.2 Å². The molecule has 0 amide bonds. The van der Waals surface area contributed by atoms with Crippen molar-refractivity contribution in [1.29, 1.82) is 0 Å². The molecule has 1 aromatic rings. The number of aliphatic carboxylic acids is 1. The molecule has 1 N–H and O–H groups in total. The van der Waals surface area contributed by atoms with Gasteiger partial charge >= 0.3 is 5.97 Å². The van der Waals surface area contributed by atoms with Gasteiger partial charge in [-0.2, -0.15) is 0 Å².